The van der Waals surface area contributed by atoms with Crippen LogP contribution in [0.1, 0.15) is 11.1 Å². The van der Waals surface area contributed by atoms with Crippen LogP contribution in [0.3, 0.4) is 0 Å². The van der Waals surface area contributed by atoms with Gasteiger partial charge in [-0.05, 0) is 35.9 Å². The number of rotatable bonds is 4. The van der Waals surface area contributed by atoms with Gasteiger partial charge in [-0.25, -0.2) is 0 Å². The van der Waals surface area contributed by atoms with Gasteiger partial charge in [0.15, 0.2) is 0 Å². The maximum Gasteiger partial charge on any atom is 0.416 e. The van der Waals surface area contributed by atoms with Gasteiger partial charge in [-0.2, -0.15) is 13.2 Å². The summed E-state index contributed by atoms with van der Waals surface area (Å²) in [5.41, 5.74) is 0.651. The SMILES string of the molecule is COc1cccc(N2CCN(C(=O)C=Cc3cccc(C(F)(F)F)c3)CC2)c1. The largest absolute Gasteiger partial charge is 0.497 e. The number of alkyl halides is 3. The van der Waals surface area contributed by atoms with E-state index in [0.29, 0.717) is 31.7 Å². The minimum atomic E-state index is -4.40. The first-order valence-electron chi connectivity index (χ1n) is 8.90. The fourth-order valence-corrected chi connectivity index (χ4v) is 3.08. The van der Waals surface area contributed by atoms with Crippen molar-refractivity contribution in [2.24, 2.45) is 0 Å². The Labute approximate surface area is 161 Å². The molecule has 1 heterocycles. The van der Waals surface area contributed by atoms with Crippen molar-refractivity contribution in [2.45, 2.75) is 6.18 Å². The van der Waals surface area contributed by atoms with E-state index in [1.807, 2.05) is 24.3 Å². The number of nitrogens with zero attached hydrogens (tertiary/aromatic N) is 2. The first-order chi connectivity index (χ1) is 13.4. The van der Waals surface area contributed by atoms with Crippen LogP contribution >= 0.6 is 0 Å². The predicted molar refractivity (Wildman–Crippen MR) is 102 cm³/mol. The molecular formula is C21H21F3N2O2. The molecule has 3 rings (SSSR count). The van der Waals surface area contributed by atoms with Crippen molar-refractivity contribution in [3.8, 4) is 5.75 Å². The maximum absolute atomic E-state index is 12.8. The van der Waals surface area contributed by atoms with Crippen LogP contribution in [0.25, 0.3) is 6.08 Å². The van der Waals surface area contributed by atoms with Gasteiger partial charge in [0.2, 0.25) is 5.91 Å². The molecule has 0 unspecified atom stereocenters. The van der Waals surface area contributed by atoms with Crippen molar-refractivity contribution < 1.29 is 22.7 Å². The average molecular weight is 390 g/mol. The summed E-state index contributed by atoms with van der Waals surface area (Å²) in [5, 5.41) is 0. The van der Waals surface area contributed by atoms with E-state index in [1.165, 1.54) is 18.2 Å². The molecule has 0 aromatic heterocycles. The fraction of sp³-hybridized carbons (Fsp3) is 0.286. The smallest absolute Gasteiger partial charge is 0.416 e. The maximum atomic E-state index is 12.8. The van der Waals surface area contributed by atoms with E-state index in [4.69, 9.17) is 4.74 Å². The van der Waals surface area contributed by atoms with E-state index in [-0.39, 0.29) is 5.91 Å². The van der Waals surface area contributed by atoms with Crippen molar-refractivity contribution in [3.05, 3.63) is 65.7 Å². The summed E-state index contributed by atoms with van der Waals surface area (Å²) in [5.74, 6) is 0.572. The molecule has 1 fully saturated rings. The number of amides is 1. The summed E-state index contributed by atoms with van der Waals surface area (Å²) < 4.78 is 43.5. The Hall–Kier alpha value is -2.96. The molecule has 0 atom stereocenters. The third-order valence-electron chi connectivity index (χ3n) is 4.64. The molecule has 1 amide bonds. The van der Waals surface area contributed by atoms with E-state index in [2.05, 4.69) is 4.90 Å². The van der Waals surface area contributed by atoms with Gasteiger partial charge in [-0.3, -0.25) is 4.79 Å². The van der Waals surface area contributed by atoms with Crippen molar-refractivity contribution in [2.75, 3.05) is 38.2 Å². The molecule has 0 spiro atoms. The van der Waals surface area contributed by atoms with Crippen LogP contribution in [0.2, 0.25) is 0 Å². The summed E-state index contributed by atoms with van der Waals surface area (Å²) in [6, 6.07) is 12.7. The third kappa shape index (κ3) is 4.85. The van der Waals surface area contributed by atoms with Crippen molar-refractivity contribution in [3.63, 3.8) is 0 Å². The quantitative estimate of drug-likeness (QED) is 0.738. The molecule has 7 heteroatoms. The van der Waals surface area contributed by atoms with Gasteiger partial charge in [0.05, 0.1) is 12.7 Å². The highest BCUT2D eigenvalue weighted by Gasteiger charge is 2.30. The Bertz CT molecular complexity index is 857. The molecule has 0 N–H and O–H groups in total. The van der Waals surface area contributed by atoms with Gasteiger partial charge in [-0.1, -0.05) is 18.2 Å². The van der Waals surface area contributed by atoms with E-state index in [9.17, 15) is 18.0 Å². The number of hydrogen-bond donors (Lipinski definition) is 0. The molecule has 0 saturated carbocycles. The molecule has 2 aromatic carbocycles. The zero-order chi connectivity index (χ0) is 20.1. The first kappa shape index (κ1) is 19.8. The Morgan fingerprint density at radius 3 is 2.43 bits per heavy atom. The van der Waals surface area contributed by atoms with Crippen molar-refractivity contribution >= 4 is 17.7 Å². The number of ether oxygens (including phenoxy) is 1. The minimum Gasteiger partial charge on any atom is -0.497 e. The number of methoxy groups -OCH3 is 1. The molecule has 0 aliphatic carbocycles. The van der Waals surface area contributed by atoms with Gasteiger partial charge < -0.3 is 14.5 Å². The number of benzene rings is 2. The minimum absolute atomic E-state index is 0.206. The van der Waals surface area contributed by atoms with Crippen LogP contribution in [-0.2, 0) is 11.0 Å². The lowest BCUT2D eigenvalue weighted by Crippen LogP contribution is -2.48. The molecule has 148 valence electrons. The number of anilines is 1. The topological polar surface area (TPSA) is 32.8 Å². The standard InChI is InChI=1S/C21H21F3N2O2/c1-28-19-7-3-6-18(15-19)25-10-12-26(13-11-25)20(27)9-8-16-4-2-5-17(14-16)21(22,23)24/h2-9,14-15H,10-13H2,1H3. The number of halogens is 3. The highest BCUT2D eigenvalue weighted by molar-refractivity contribution is 5.92. The Kier molecular flexibility index (Phi) is 5.92. The van der Waals surface area contributed by atoms with Crippen LogP contribution in [0.5, 0.6) is 5.75 Å². The molecule has 1 aliphatic heterocycles. The van der Waals surface area contributed by atoms with Crippen LogP contribution in [0.4, 0.5) is 18.9 Å². The summed E-state index contributed by atoms with van der Waals surface area (Å²) in [4.78, 5) is 16.2. The zero-order valence-electron chi connectivity index (χ0n) is 15.4. The summed E-state index contributed by atoms with van der Waals surface area (Å²) in [6.07, 6.45) is -1.65. The van der Waals surface area contributed by atoms with Crippen LogP contribution < -0.4 is 9.64 Å². The summed E-state index contributed by atoms with van der Waals surface area (Å²) >= 11 is 0. The second-order valence-electron chi connectivity index (χ2n) is 6.47. The van der Waals surface area contributed by atoms with E-state index < -0.39 is 11.7 Å². The molecule has 1 aliphatic rings. The Morgan fingerprint density at radius 1 is 1.04 bits per heavy atom. The van der Waals surface area contributed by atoms with Crippen LogP contribution in [0.15, 0.2) is 54.6 Å². The zero-order valence-corrected chi connectivity index (χ0v) is 15.4. The fourth-order valence-electron chi connectivity index (χ4n) is 3.08. The number of piperazine rings is 1. The monoisotopic (exact) mass is 390 g/mol. The summed E-state index contributed by atoms with van der Waals surface area (Å²) in [6.45, 7) is 2.44. The van der Waals surface area contributed by atoms with Gasteiger partial charge >= 0.3 is 6.18 Å². The van der Waals surface area contributed by atoms with Gasteiger partial charge in [0.1, 0.15) is 5.75 Å². The highest BCUT2D eigenvalue weighted by atomic mass is 19.4. The lowest BCUT2D eigenvalue weighted by molar-refractivity contribution is -0.137. The molecule has 2 aromatic rings. The average Bonchev–Trinajstić information content (AvgIpc) is 2.72. The lowest BCUT2D eigenvalue weighted by atomic mass is 10.1. The Balaban J connectivity index is 1.59. The second-order valence-corrected chi connectivity index (χ2v) is 6.47. The second kappa shape index (κ2) is 8.37. The van der Waals surface area contributed by atoms with Crippen LogP contribution in [0, 0.1) is 0 Å². The van der Waals surface area contributed by atoms with Gasteiger partial charge in [0, 0.05) is 44.0 Å². The number of carbonyl (C=O) groups excluding carboxylic acids is 1. The van der Waals surface area contributed by atoms with E-state index in [0.717, 1.165) is 23.6 Å². The predicted octanol–water partition coefficient (Wildman–Crippen LogP) is 4.08. The third-order valence-corrected chi connectivity index (χ3v) is 4.64. The van der Waals surface area contributed by atoms with Crippen molar-refractivity contribution in [1.82, 2.24) is 4.90 Å². The number of hydrogen-bond acceptors (Lipinski definition) is 3. The number of carbonyl (C=O) groups is 1. The molecule has 4 nitrogen and oxygen atoms in total. The molecule has 28 heavy (non-hydrogen) atoms. The van der Waals surface area contributed by atoms with Crippen LogP contribution in [-0.4, -0.2) is 44.1 Å². The van der Waals surface area contributed by atoms with E-state index in [1.54, 1.807) is 18.1 Å². The molecule has 0 bridgehead atoms. The molecule has 0 radical (unpaired) electrons. The highest BCUT2D eigenvalue weighted by Crippen LogP contribution is 2.29. The van der Waals surface area contributed by atoms with Crippen molar-refractivity contribution in [1.29, 1.82) is 0 Å². The molecule has 1 saturated heterocycles. The van der Waals surface area contributed by atoms with E-state index >= 15 is 0 Å². The first-order valence-corrected chi connectivity index (χ1v) is 8.90. The lowest BCUT2D eigenvalue weighted by Gasteiger charge is -2.35. The van der Waals surface area contributed by atoms with Gasteiger partial charge in [0.25, 0.3) is 0 Å². The Morgan fingerprint density at radius 2 is 1.75 bits per heavy atom. The molecular weight excluding hydrogens is 369 g/mol. The van der Waals surface area contributed by atoms with Gasteiger partial charge in [-0.15, -0.1) is 0 Å². The summed E-state index contributed by atoms with van der Waals surface area (Å²) in [7, 11) is 1.62. The normalized spacial score (nSPS) is 15.1.